The molecule has 1 heterocycles. The number of fused-ring (bicyclic) bond motifs is 1. The second-order valence-corrected chi connectivity index (χ2v) is 5.16. The SMILES string of the molecule is CCOC(=O)c1cc(-c2ccccc2)c2cc(C)ccc2n1. The molecule has 3 rings (SSSR count). The molecule has 3 nitrogen and oxygen atoms in total. The second kappa shape index (κ2) is 5.98. The van der Waals surface area contributed by atoms with E-state index in [0.29, 0.717) is 12.3 Å². The molecule has 0 bridgehead atoms. The minimum absolute atomic E-state index is 0.340. The van der Waals surface area contributed by atoms with E-state index in [2.05, 4.69) is 11.1 Å². The van der Waals surface area contributed by atoms with Crippen LogP contribution in [-0.4, -0.2) is 17.6 Å². The number of carbonyl (C=O) groups is 1. The van der Waals surface area contributed by atoms with Crippen molar-refractivity contribution < 1.29 is 9.53 Å². The van der Waals surface area contributed by atoms with Crippen molar-refractivity contribution in [3.8, 4) is 11.1 Å². The van der Waals surface area contributed by atoms with Gasteiger partial charge in [0.05, 0.1) is 12.1 Å². The lowest BCUT2D eigenvalue weighted by atomic mass is 9.99. The normalized spacial score (nSPS) is 10.6. The van der Waals surface area contributed by atoms with Gasteiger partial charge in [-0.2, -0.15) is 0 Å². The van der Waals surface area contributed by atoms with Crippen molar-refractivity contribution in [2.24, 2.45) is 0 Å². The van der Waals surface area contributed by atoms with Gasteiger partial charge in [0.25, 0.3) is 0 Å². The maximum absolute atomic E-state index is 12.1. The Balaban J connectivity index is 2.26. The molecular weight excluding hydrogens is 274 g/mol. The number of benzene rings is 2. The zero-order chi connectivity index (χ0) is 15.5. The van der Waals surface area contributed by atoms with Crippen molar-refractivity contribution in [1.82, 2.24) is 4.98 Å². The Bertz CT molecular complexity index is 825. The number of nitrogens with zero attached hydrogens (tertiary/aromatic N) is 1. The van der Waals surface area contributed by atoms with E-state index in [1.807, 2.05) is 55.5 Å². The third-order valence-corrected chi connectivity index (χ3v) is 3.53. The van der Waals surface area contributed by atoms with E-state index >= 15 is 0 Å². The van der Waals surface area contributed by atoms with Crippen LogP contribution < -0.4 is 0 Å². The minimum Gasteiger partial charge on any atom is -0.461 e. The van der Waals surface area contributed by atoms with E-state index in [1.54, 1.807) is 6.92 Å². The summed E-state index contributed by atoms with van der Waals surface area (Å²) in [6.07, 6.45) is 0. The molecule has 0 fully saturated rings. The highest BCUT2D eigenvalue weighted by Crippen LogP contribution is 2.29. The van der Waals surface area contributed by atoms with E-state index in [-0.39, 0.29) is 5.97 Å². The van der Waals surface area contributed by atoms with Gasteiger partial charge in [-0.05, 0) is 43.2 Å². The van der Waals surface area contributed by atoms with Gasteiger partial charge in [0.15, 0.2) is 0 Å². The molecule has 0 spiro atoms. The maximum atomic E-state index is 12.1. The Morgan fingerprint density at radius 1 is 1.09 bits per heavy atom. The molecule has 3 aromatic rings. The van der Waals surface area contributed by atoms with Gasteiger partial charge in [-0.15, -0.1) is 0 Å². The predicted octanol–water partition coefficient (Wildman–Crippen LogP) is 4.39. The van der Waals surface area contributed by atoms with Gasteiger partial charge in [-0.25, -0.2) is 9.78 Å². The molecule has 110 valence electrons. The van der Waals surface area contributed by atoms with E-state index in [1.165, 1.54) is 0 Å². The summed E-state index contributed by atoms with van der Waals surface area (Å²) in [6.45, 7) is 4.18. The molecule has 0 aliphatic rings. The standard InChI is InChI=1S/C19H17NO2/c1-3-22-19(21)18-12-15(14-7-5-4-6-8-14)16-11-13(2)9-10-17(16)20-18/h4-12H,3H2,1-2H3. The first-order valence-electron chi connectivity index (χ1n) is 7.33. The van der Waals surface area contributed by atoms with Crippen molar-refractivity contribution in [3.63, 3.8) is 0 Å². The first-order chi connectivity index (χ1) is 10.7. The van der Waals surface area contributed by atoms with Crippen LogP contribution in [0.3, 0.4) is 0 Å². The predicted molar refractivity (Wildman–Crippen MR) is 87.9 cm³/mol. The van der Waals surface area contributed by atoms with Crippen LogP contribution in [0.15, 0.2) is 54.6 Å². The first-order valence-corrected chi connectivity index (χ1v) is 7.33. The smallest absolute Gasteiger partial charge is 0.356 e. The van der Waals surface area contributed by atoms with Gasteiger partial charge < -0.3 is 4.74 Å². The van der Waals surface area contributed by atoms with Gasteiger partial charge in [0, 0.05) is 5.39 Å². The molecule has 0 aliphatic heterocycles. The zero-order valence-electron chi connectivity index (χ0n) is 12.7. The Hall–Kier alpha value is -2.68. The summed E-state index contributed by atoms with van der Waals surface area (Å²) in [5.41, 5.74) is 4.37. The van der Waals surface area contributed by atoms with Crippen LogP contribution in [0, 0.1) is 6.92 Å². The first kappa shape index (κ1) is 14.3. The lowest BCUT2D eigenvalue weighted by Crippen LogP contribution is -2.07. The van der Waals surface area contributed by atoms with Crippen LogP contribution >= 0.6 is 0 Å². The van der Waals surface area contributed by atoms with Crippen LogP contribution in [0.5, 0.6) is 0 Å². The molecule has 0 aliphatic carbocycles. The molecule has 0 radical (unpaired) electrons. The molecule has 0 amide bonds. The molecule has 3 heteroatoms. The van der Waals surface area contributed by atoms with Crippen molar-refractivity contribution in [2.45, 2.75) is 13.8 Å². The highest BCUT2D eigenvalue weighted by Gasteiger charge is 2.14. The van der Waals surface area contributed by atoms with Gasteiger partial charge in [0.2, 0.25) is 0 Å². The Morgan fingerprint density at radius 3 is 2.59 bits per heavy atom. The third kappa shape index (κ3) is 2.70. The summed E-state index contributed by atoms with van der Waals surface area (Å²) in [5, 5.41) is 1.04. The van der Waals surface area contributed by atoms with Gasteiger partial charge in [-0.1, -0.05) is 42.0 Å². The van der Waals surface area contributed by atoms with E-state index in [4.69, 9.17) is 4.74 Å². The molecule has 2 aromatic carbocycles. The third-order valence-electron chi connectivity index (χ3n) is 3.53. The van der Waals surface area contributed by atoms with Crippen molar-refractivity contribution in [3.05, 3.63) is 65.9 Å². The van der Waals surface area contributed by atoms with Crippen molar-refractivity contribution in [2.75, 3.05) is 6.61 Å². The summed E-state index contributed by atoms with van der Waals surface area (Å²) >= 11 is 0. The molecule has 0 saturated heterocycles. The monoisotopic (exact) mass is 291 g/mol. The minimum atomic E-state index is -0.387. The highest BCUT2D eigenvalue weighted by molar-refractivity contribution is 5.99. The largest absolute Gasteiger partial charge is 0.461 e. The Labute approximate surface area is 129 Å². The molecule has 0 atom stereocenters. The summed E-state index contributed by atoms with van der Waals surface area (Å²) in [7, 11) is 0. The van der Waals surface area contributed by atoms with Crippen molar-refractivity contribution >= 4 is 16.9 Å². The van der Waals surface area contributed by atoms with Gasteiger partial charge in [0.1, 0.15) is 5.69 Å². The topological polar surface area (TPSA) is 39.2 Å². The van der Waals surface area contributed by atoms with Gasteiger partial charge >= 0.3 is 5.97 Å². The summed E-state index contributed by atoms with van der Waals surface area (Å²) < 4.78 is 5.09. The number of carbonyl (C=O) groups excluding carboxylic acids is 1. The quantitative estimate of drug-likeness (QED) is 0.672. The lowest BCUT2D eigenvalue weighted by molar-refractivity contribution is 0.0520. The van der Waals surface area contributed by atoms with Gasteiger partial charge in [-0.3, -0.25) is 0 Å². The van der Waals surface area contributed by atoms with E-state index in [0.717, 1.165) is 27.6 Å². The second-order valence-electron chi connectivity index (χ2n) is 5.16. The van der Waals surface area contributed by atoms with Crippen molar-refractivity contribution in [1.29, 1.82) is 0 Å². The number of aryl methyl sites for hydroxylation is 1. The number of pyridine rings is 1. The van der Waals surface area contributed by atoms with E-state index < -0.39 is 0 Å². The summed E-state index contributed by atoms with van der Waals surface area (Å²) in [6, 6.07) is 17.9. The average Bonchev–Trinajstić information content (AvgIpc) is 2.55. The fraction of sp³-hybridized carbons (Fsp3) is 0.158. The molecule has 1 aromatic heterocycles. The number of hydrogen-bond donors (Lipinski definition) is 0. The summed E-state index contributed by atoms with van der Waals surface area (Å²) in [5.74, 6) is -0.387. The number of esters is 1. The number of ether oxygens (including phenoxy) is 1. The fourth-order valence-electron chi connectivity index (χ4n) is 2.51. The average molecular weight is 291 g/mol. The van der Waals surface area contributed by atoms with Crippen LogP contribution in [0.25, 0.3) is 22.0 Å². The summed E-state index contributed by atoms with van der Waals surface area (Å²) in [4.78, 5) is 16.5. The molecular formula is C19H17NO2. The zero-order valence-corrected chi connectivity index (χ0v) is 12.7. The molecule has 0 saturated carbocycles. The fourth-order valence-corrected chi connectivity index (χ4v) is 2.51. The lowest BCUT2D eigenvalue weighted by Gasteiger charge is -2.10. The highest BCUT2D eigenvalue weighted by atomic mass is 16.5. The molecule has 0 unspecified atom stereocenters. The Kier molecular flexibility index (Phi) is 3.88. The Morgan fingerprint density at radius 2 is 1.86 bits per heavy atom. The van der Waals surface area contributed by atoms with E-state index in [9.17, 15) is 4.79 Å². The van der Waals surface area contributed by atoms with Crippen LogP contribution in [0.2, 0.25) is 0 Å². The van der Waals surface area contributed by atoms with Crippen LogP contribution in [-0.2, 0) is 4.74 Å². The number of hydrogen-bond acceptors (Lipinski definition) is 3. The number of aromatic nitrogens is 1. The molecule has 0 N–H and O–H groups in total. The van der Waals surface area contributed by atoms with Crippen LogP contribution in [0.4, 0.5) is 0 Å². The maximum Gasteiger partial charge on any atom is 0.356 e. The number of rotatable bonds is 3. The van der Waals surface area contributed by atoms with Crippen LogP contribution in [0.1, 0.15) is 23.0 Å². The molecule has 22 heavy (non-hydrogen) atoms.